The summed E-state index contributed by atoms with van der Waals surface area (Å²) >= 11 is 1.68. The Morgan fingerprint density at radius 3 is 2.89 bits per heavy atom. The van der Waals surface area contributed by atoms with Crippen LogP contribution in [0.2, 0.25) is 0 Å². The zero-order valence-electron chi connectivity index (χ0n) is 4.83. The van der Waals surface area contributed by atoms with E-state index in [1.165, 1.54) is 5.56 Å². The lowest BCUT2D eigenvalue weighted by Gasteiger charge is -1.89. The maximum absolute atomic E-state index is 5.07. The van der Waals surface area contributed by atoms with E-state index in [0.717, 1.165) is 6.54 Å². The lowest BCUT2D eigenvalue weighted by Crippen LogP contribution is -2.20. The van der Waals surface area contributed by atoms with Crippen LogP contribution in [0.25, 0.3) is 0 Å². The van der Waals surface area contributed by atoms with Crippen LogP contribution in [-0.2, 0) is 6.54 Å². The van der Waals surface area contributed by atoms with Gasteiger partial charge in [0.2, 0.25) is 0 Å². The van der Waals surface area contributed by atoms with Crippen LogP contribution in [0, 0.1) is 0 Å². The standard InChI is InChI=1S/C5H8N2S.ClH/c6-7-3-5-1-2-8-4-5;/h1-2,4,7H,3,6H2;1H. The Kier molecular flexibility index (Phi) is 4.71. The molecule has 3 N–H and O–H groups in total. The largest absolute Gasteiger partial charge is 0.271 e. The molecule has 0 amide bonds. The molecule has 0 saturated carbocycles. The van der Waals surface area contributed by atoms with E-state index in [1.807, 2.05) is 11.4 Å². The Balaban J connectivity index is 0.000000640. The molecule has 0 radical (unpaired) electrons. The molecule has 1 rings (SSSR count). The van der Waals surface area contributed by atoms with Gasteiger partial charge in [0.05, 0.1) is 0 Å². The quantitative estimate of drug-likeness (QED) is 0.508. The van der Waals surface area contributed by atoms with Gasteiger partial charge in [-0.25, -0.2) is 0 Å². The van der Waals surface area contributed by atoms with E-state index in [2.05, 4.69) is 10.8 Å². The predicted molar refractivity (Wildman–Crippen MR) is 42.6 cm³/mol. The summed E-state index contributed by atoms with van der Waals surface area (Å²) in [6.45, 7) is 0.767. The molecule has 1 aromatic rings. The molecule has 0 aromatic carbocycles. The fourth-order valence-corrected chi connectivity index (χ4v) is 1.18. The van der Waals surface area contributed by atoms with Crippen molar-refractivity contribution in [3.8, 4) is 0 Å². The highest BCUT2D eigenvalue weighted by molar-refractivity contribution is 7.07. The highest BCUT2D eigenvalue weighted by Crippen LogP contribution is 2.03. The fourth-order valence-electron chi connectivity index (χ4n) is 0.511. The van der Waals surface area contributed by atoms with Crippen molar-refractivity contribution >= 4 is 23.7 Å². The van der Waals surface area contributed by atoms with Crippen LogP contribution < -0.4 is 11.3 Å². The molecule has 0 spiro atoms. The molecule has 0 aliphatic carbocycles. The second kappa shape index (κ2) is 4.76. The van der Waals surface area contributed by atoms with E-state index in [9.17, 15) is 0 Å². The third kappa shape index (κ3) is 2.81. The first-order chi connectivity index (χ1) is 3.93. The van der Waals surface area contributed by atoms with Crippen molar-refractivity contribution in [2.75, 3.05) is 0 Å². The number of rotatable bonds is 2. The average molecular weight is 165 g/mol. The molecule has 0 aliphatic rings. The van der Waals surface area contributed by atoms with E-state index in [0.29, 0.717) is 0 Å². The molecule has 52 valence electrons. The van der Waals surface area contributed by atoms with E-state index in [4.69, 9.17) is 5.84 Å². The van der Waals surface area contributed by atoms with Crippen molar-refractivity contribution in [2.24, 2.45) is 5.84 Å². The first-order valence-electron chi connectivity index (χ1n) is 2.38. The van der Waals surface area contributed by atoms with Crippen molar-refractivity contribution < 1.29 is 0 Å². The molecule has 4 heteroatoms. The third-order valence-electron chi connectivity index (χ3n) is 0.886. The van der Waals surface area contributed by atoms with Gasteiger partial charge in [-0.1, -0.05) is 0 Å². The first kappa shape index (κ1) is 8.91. The van der Waals surface area contributed by atoms with Gasteiger partial charge in [-0.2, -0.15) is 11.3 Å². The monoisotopic (exact) mass is 164 g/mol. The number of nitrogens with two attached hydrogens (primary N) is 1. The topological polar surface area (TPSA) is 38.0 Å². The van der Waals surface area contributed by atoms with Gasteiger partial charge in [-0.15, -0.1) is 12.4 Å². The van der Waals surface area contributed by atoms with Gasteiger partial charge in [0.15, 0.2) is 0 Å². The lowest BCUT2D eigenvalue weighted by atomic mass is 10.3. The molecule has 0 aliphatic heterocycles. The van der Waals surface area contributed by atoms with Crippen molar-refractivity contribution in [1.29, 1.82) is 0 Å². The summed E-state index contributed by atoms with van der Waals surface area (Å²) in [6, 6.07) is 2.05. The molecule has 0 saturated heterocycles. The van der Waals surface area contributed by atoms with E-state index in [-0.39, 0.29) is 12.4 Å². The van der Waals surface area contributed by atoms with Gasteiger partial charge >= 0.3 is 0 Å². The highest BCUT2D eigenvalue weighted by atomic mass is 35.5. The van der Waals surface area contributed by atoms with Crippen LogP contribution in [0.1, 0.15) is 5.56 Å². The number of hydrogen-bond acceptors (Lipinski definition) is 3. The van der Waals surface area contributed by atoms with Crippen molar-refractivity contribution in [1.82, 2.24) is 5.43 Å². The molecule has 1 aromatic heterocycles. The zero-order valence-corrected chi connectivity index (χ0v) is 6.47. The summed E-state index contributed by atoms with van der Waals surface area (Å²) < 4.78 is 0. The molecule has 1 heterocycles. The maximum Gasteiger partial charge on any atom is 0.0356 e. The number of hydrogen-bond donors (Lipinski definition) is 2. The minimum absolute atomic E-state index is 0. The van der Waals surface area contributed by atoms with Gasteiger partial charge < -0.3 is 0 Å². The van der Waals surface area contributed by atoms with E-state index >= 15 is 0 Å². The Hall–Kier alpha value is -0.0900. The molecule has 0 atom stereocenters. The van der Waals surface area contributed by atoms with Crippen molar-refractivity contribution in [3.05, 3.63) is 22.4 Å². The van der Waals surface area contributed by atoms with Gasteiger partial charge in [0.25, 0.3) is 0 Å². The van der Waals surface area contributed by atoms with Gasteiger partial charge in [0, 0.05) is 6.54 Å². The minimum atomic E-state index is 0. The van der Waals surface area contributed by atoms with Crippen molar-refractivity contribution in [3.63, 3.8) is 0 Å². The molecular weight excluding hydrogens is 156 g/mol. The van der Waals surface area contributed by atoms with Crippen LogP contribution in [-0.4, -0.2) is 0 Å². The van der Waals surface area contributed by atoms with E-state index < -0.39 is 0 Å². The average Bonchev–Trinajstić information content (AvgIpc) is 2.19. The highest BCUT2D eigenvalue weighted by Gasteiger charge is 1.86. The predicted octanol–water partition coefficient (Wildman–Crippen LogP) is 1.13. The SMILES string of the molecule is Cl.NNCc1ccsc1. The third-order valence-corrected chi connectivity index (χ3v) is 1.62. The van der Waals surface area contributed by atoms with Crippen LogP contribution in [0.3, 0.4) is 0 Å². The van der Waals surface area contributed by atoms with Gasteiger partial charge in [-0.3, -0.25) is 11.3 Å². The van der Waals surface area contributed by atoms with E-state index in [1.54, 1.807) is 11.3 Å². The summed E-state index contributed by atoms with van der Waals surface area (Å²) in [5.41, 5.74) is 3.82. The van der Waals surface area contributed by atoms with Crippen molar-refractivity contribution in [2.45, 2.75) is 6.54 Å². The smallest absolute Gasteiger partial charge is 0.0356 e. The second-order valence-corrected chi connectivity index (χ2v) is 2.29. The molecule has 0 fully saturated rings. The number of nitrogens with one attached hydrogen (secondary N) is 1. The number of halogens is 1. The Morgan fingerprint density at radius 2 is 2.44 bits per heavy atom. The van der Waals surface area contributed by atoms with Crippen LogP contribution in [0.15, 0.2) is 16.8 Å². The summed E-state index contributed by atoms with van der Waals surface area (Å²) in [5.74, 6) is 5.07. The molecule has 2 nitrogen and oxygen atoms in total. The summed E-state index contributed by atoms with van der Waals surface area (Å²) in [4.78, 5) is 0. The Labute approximate surface area is 64.4 Å². The maximum atomic E-state index is 5.07. The minimum Gasteiger partial charge on any atom is -0.271 e. The first-order valence-corrected chi connectivity index (χ1v) is 3.32. The molecular formula is C5H9ClN2S. The Morgan fingerprint density at radius 1 is 1.67 bits per heavy atom. The summed E-state index contributed by atoms with van der Waals surface area (Å²) in [7, 11) is 0. The van der Waals surface area contributed by atoms with Gasteiger partial charge in [0.1, 0.15) is 0 Å². The fraction of sp³-hybridized carbons (Fsp3) is 0.200. The zero-order chi connectivity index (χ0) is 5.82. The summed E-state index contributed by atoms with van der Waals surface area (Å²) in [6.07, 6.45) is 0. The normalized spacial score (nSPS) is 8.56. The van der Waals surface area contributed by atoms with Crippen LogP contribution in [0.5, 0.6) is 0 Å². The molecule has 9 heavy (non-hydrogen) atoms. The van der Waals surface area contributed by atoms with Gasteiger partial charge in [-0.05, 0) is 22.4 Å². The molecule has 0 bridgehead atoms. The summed E-state index contributed by atoms with van der Waals surface area (Å²) in [5, 5.41) is 4.10. The number of thiophene rings is 1. The van der Waals surface area contributed by atoms with Crippen LogP contribution >= 0.6 is 23.7 Å². The Bertz CT molecular complexity index is 141. The molecule has 0 unspecified atom stereocenters. The lowest BCUT2D eigenvalue weighted by molar-refractivity contribution is 0.743. The second-order valence-electron chi connectivity index (χ2n) is 1.51. The number of hydrazine groups is 1. The van der Waals surface area contributed by atoms with Crippen LogP contribution in [0.4, 0.5) is 0 Å².